The number of carboxylic acid groups (broad SMARTS) is 1. The van der Waals surface area contributed by atoms with Gasteiger partial charge in [0.2, 0.25) is 0 Å². The van der Waals surface area contributed by atoms with Crippen molar-refractivity contribution in [3.05, 3.63) is 59.0 Å². The number of nitrogens with zero attached hydrogens (tertiary/aromatic N) is 2. The normalized spacial score (nSPS) is 17.7. The Kier molecular flexibility index (Phi) is 6.23. The molecule has 2 aromatic rings. The average Bonchev–Trinajstić information content (AvgIpc) is 2.96. The second-order valence-electron chi connectivity index (χ2n) is 6.28. The van der Waals surface area contributed by atoms with E-state index in [-0.39, 0.29) is 11.7 Å². The first-order valence-corrected chi connectivity index (χ1v) is 9.74. The summed E-state index contributed by atoms with van der Waals surface area (Å²) in [5.41, 5.74) is 1.23. The molecule has 1 fully saturated rings. The van der Waals surface area contributed by atoms with Crippen LogP contribution >= 0.6 is 11.8 Å². The molecule has 0 spiro atoms. The summed E-state index contributed by atoms with van der Waals surface area (Å²) < 4.78 is 5.63. The molecule has 3 rings (SSSR count). The van der Waals surface area contributed by atoms with Crippen LogP contribution in [0.4, 0.5) is 5.69 Å². The third kappa shape index (κ3) is 4.78. The highest BCUT2D eigenvalue weighted by atomic mass is 32.2. The van der Waals surface area contributed by atoms with Crippen molar-refractivity contribution in [3.8, 4) is 11.5 Å². The third-order valence-electron chi connectivity index (χ3n) is 4.20. The highest BCUT2D eigenvalue weighted by Crippen LogP contribution is 2.35. The van der Waals surface area contributed by atoms with Crippen molar-refractivity contribution in [3.63, 3.8) is 0 Å². The highest BCUT2D eigenvalue weighted by molar-refractivity contribution is 8.18. The topological polar surface area (TPSA) is 99.4 Å². The fraction of sp³-hybridized carbons (Fsp3) is 0.190. The van der Waals surface area contributed by atoms with Gasteiger partial charge < -0.3 is 14.9 Å². The van der Waals surface area contributed by atoms with E-state index >= 15 is 0 Å². The number of hydrogen-bond acceptors (Lipinski definition) is 6. The van der Waals surface area contributed by atoms with Gasteiger partial charge in [-0.05, 0) is 54.6 Å². The predicted molar refractivity (Wildman–Crippen MR) is 112 cm³/mol. The molecular formula is C21H20N2O5S. The van der Waals surface area contributed by atoms with Gasteiger partial charge >= 0.3 is 5.97 Å². The van der Waals surface area contributed by atoms with Gasteiger partial charge in [0.15, 0.2) is 11.3 Å². The first-order valence-electron chi connectivity index (χ1n) is 8.93. The molecule has 1 atom stereocenters. The second kappa shape index (κ2) is 8.83. The van der Waals surface area contributed by atoms with Crippen LogP contribution in [-0.2, 0) is 9.59 Å². The number of aromatic hydroxyl groups is 1. The fourth-order valence-electron chi connectivity index (χ4n) is 2.60. The lowest BCUT2D eigenvalue weighted by atomic mass is 10.1. The second-order valence-corrected chi connectivity index (χ2v) is 7.29. The van der Waals surface area contributed by atoms with Crippen molar-refractivity contribution in [2.24, 2.45) is 4.99 Å². The maximum atomic E-state index is 12.6. The Labute approximate surface area is 172 Å². The summed E-state index contributed by atoms with van der Waals surface area (Å²) in [5, 5.41) is 19.1. The van der Waals surface area contributed by atoms with Crippen LogP contribution in [0.25, 0.3) is 6.08 Å². The molecule has 29 heavy (non-hydrogen) atoms. The fourth-order valence-corrected chi connectivity index (χ4v) is 3.58. The molecule has 2 N–H and O–H groups in total. The van der Waals surface area contributed by atoms with Crippen LogP contribution in [0, 0.1) is 0 Å². The molecule has 1 heterocycles. The Morgan fingerprint density at radius 3 is 2.59 bits per heavy atom. The summed E-state index contributed by atoms with van der Waals surface area (Å²) in [7, 11) is 1.63. The number of benzene rings is 2. The zero-order valence-corrected chi connectivity index (χ0v) is 16.7. The number of ether oxygens (including phenoxy) is 1. The van der Waals surface area contributed by atoms with Crippen molar-refractivity contribution < 1.29 is 24.5 Å². The predicted octanol–water partition coefficient (Wildman–Crippen LogP) is 3.87. The summed E-state index contributed by atoms with van der Waals surface area (Å²) in [6.07, 6.45) is 1.03. The molecule has 1 saturated heterocycles. The maximum absolute atomic E-state index is 12.6. The van der Waals surface area contributed by atoms with E-state index in [0.29, 0.717) is 33.5 Å². The Balaban J connectivity index is 1.88. The molecule has 1 amide bonds. The summed E-state index contributed by atoms with van der Waals surface area (Å²) >= 11 is 1.21. The quantitative estimate of drug-likeness (QED) is 0.699. The molecule has 0 aromatic heterocycles. The van der Waals surface area contributed by atoms with Crippen molar-refractivity contribution in [1.82, 2.24) is 4.90 Å². The van der Waals surface area contributed by atoms with Gasteiger partial charge in [-0.15, -0.1) is 0 Å². The van der Waals surface area contributed by atoms with E-state index in [4.69, 9.17) is 4.74 Å². The summed E-state index contributed by atoms with van der Waals surface area (Å²) in [5.74, 6) is -0.715. The van der Waals surface area contributed by atoms with E-state index in [1.807, 2.05) is 0 Å². The average molecular weight is 412 g/mol. The summed E-state index contributed by atoms with van der Waals surface area (Å²) in [6.45, 7) is 1.73. The number of phenolic OH excluding ortho intramolecular Hbond substituents is 1. The molecule has 8 heteroatoms. The largest absolute Gasteiger partial charge is 0.508 e. The minimum absolute atomic E-state index is 0.140. The Morgan fingerprint density at radius 1 is 1.24 bits per heavy atom. The molecule has 7 nitrogen and oxygen atoms in total. The smallest absolute Gasteiger partial charge is 0.344 e. The molecule has 0 bridgehead atoms. The minimum Gasteiger partial charge on any atom is -0.508 e. The van der Waals surface area contributed by atoms with Crippen molar-refractivity contribution in [2.75, 3.05) is 7.05 Å². The zero-order valence-electron chi connectivity index (χ0n) is 15.9. The Hall–Kier alpha value is -3.26. The van der Waals surface area contributed by atoms with E-state index in [1.54, 1.807) is 56.4 Å². The van der Waals surface area contributed by atoms with Crippen LogP contribution in [0.5, 0.6) is 11.5 Å². The molecule has 150 valence electrons. The van der Waals surface area contributed by atoms with E-state index in [9.17, 15) is 19.8 Å². The molecule has 0 saturated carbocycles. The molecule has 1 aliphatic heterocycles. The van der Waals surface area contributed by atoms with Crippen molar-refractivity contribution in [1.29, 1.82) is 0 Å². The number of aliphatic carboxylic acids is 1. The molecule has 1 aliphatic rings. The number of phenols is 1. The number of carbonyl (C=O) groups excluding carboxylic acids is 1. The van der Waals surface area contributed by atoms with Crippen LogP contribution in [0.1, 0.15) is 18.9 Å². The molecular weight excluding hydrogens is 392 g/mol. The lowest BCUT2D eigenvalue weighted by Gasteiger charge is -2.15. The third-order valence-corrected chi connectivity index (χ3v) is 5.26. The van der Waals surface area contributed by atoms with Gasteiger partial charge in [-0.25, -0.2) is 9.79 Å². The van der Waals surface area contributed by atoms with E-state index in [0.717, 1.165) is 0 Å². The lowest BCUT2D eigenvalue weighted by molar-refractivity contribution is -0.145. The monoisotopic (exact) mass is 412 g/mol. The van der Waals surface area contributed by atoms with Crippen molar-refractivity contribution in [2.45, 2.75) is 19.4 Å². The SMILES string of the molecule is CCC(Oc1ccccc1/C=C1\SC(=Nc2ccc(O)cc2)N(C)C1=O)C(=O)O. The molecule has 1 unspecified atom stereocenters. The van der Waals surface area contributed by atoms with Gasteiger partial charge in [-0.3, -0.25) is 9.69 Å². The molecule has 2 aromatic carbocycles. The number of likely N-dealkylation sites (N-methyl/N-ethyl adjacent to an activating group) is 1. The number of thioether (sulfide) groups is 1. The van der Waals surface area contributed by atoms with Gasteiger partial charge in [0.05, 0.1) is 10.6 Å². The van der Waals surface area contributed by atoms with Crippen LogP contribution in [0.2, 0.25) is 0 Å². The summed E-state index contributed by atoms with van der Waals surface area (Å²) in [6, 6.07) is 13.3. The summed E-state index contributed by atoms with van der Waals surface area (Å²) in [4.78, 5) is 30.3. The first-order chi connectivity index (χ1) is 13.9. The van der Waals surface area contributed by atoms with Gasteiger partial charge in [-0.1, -0.05) is 25.1 Å². The number of carboxylic acids is 1. The van der Waals surface area contributed by atoms with Crippen molar-refractivity contribution >= 4 is 40.6 Å². The zero-order chi connectivity index (χ0) is 21.0. The highest BCUT2D eigenvalue weighted by Gasteiger charge is 2.30. The number of amides is 1. The van der Waals surface area contributed by atoms with Crippen LogP contribution in [0.15, 0.2) is 58.4 Å². The van der Waals surface area contributed by atoms with Gasteiger partial charge in [0, 0.05) is 12.6 Å². The number of aliphatic imine (C=N–C) groups is 1. The van der Waals surface area contributed by atoms with Crippen LogP contribution < -0.4 is 4.74 Å². The van der Waals surface area contributed by atoms with Gasteiger partial charge in [0.1, 0.15) is 11.5 Å². The van der Waals surface area contributed by atoms with E-state index < -0.39 is 12.1 Å². The lowest BCUT2D eigenvalue weighted by Crippen LogP contribution is -2.26. The van der Waals surface area contributed by atoms with E-state index in [1.165, 1.54) is 28.8 Å². The Morgan fingerprint density at radius 2 is 1.93 bits per heavy atom. The minimum atomic E-state index is -1.04. The van der Waals surface area contributed by atoms with E-state index in [2.05, 4.69) is 4.99 Å². The molecule has 0 aliphatic carbocycles. The number of rotatable bonds is 6. The Bertz CT molecular complexity index is 985. The standard InChI is InChI=1S/C21H20N2O5S/c1-3-16(20(26)27)28-17-7-5-4-6-13(17)12-18-19(25)23(2)21(29-18)22-14-8-10-15(24)11-9-14/h4-12,16,24H,3H2,1-2H3,(H,26,27)/b18-12-,22-21?. The van der Waals surface area contributed by atoms with Gasteiger partial charge in [-0.2, -0.15) is 0 Å². The first kappa shape index (κ1) is 20.5. The molecule has 0 radical (unpaired) electrons. The number of para-hydroxylation sites is 1. The van der Waals surface area contributed by atoms with Gasteiger partial charge in [0.25, 0.3) is 5.91 Å². The van der Waals surface area contributed by atoms with Crippen LogP contribution in [-0.4, -0.2) is 45.3 Å². The van der Waals surface area contributed by atoms with Crippen LogP contribution in [0.3, 0.4) is 0 Å². The number of hydrogen-bond donors (Lipinski definition) is 2. The number of carbonyl (C=O) groups is 2. The maximum Gasteiger partial charge on any atom is 0.344 e. The number of amidine groups is 1.